The van der Waals surface area contributed by atoms with Crippen LogP contribution in [0.2, 0.25) is 0 Å². The number of rotatable bonds is 14. The van der Waals surface area contributed by atoms with Gasteiger partial charge < -0.3 is 34.5 Å². The molecule has 0 spiro atoms. The van der Waals surface area contributed by atoms with E-state index in [1.807, 2.05) is 41.5 Å². The molecule has 41 heavy (non-hydrogen) atoms. The SMILES string of the molecule is CC(C)CC(=O)OC(C)C(C)C(c1ccc(OC(=O)OC(C)C(C)C)c(OC(=O)OC(C)C(C)C)c1)[C@H](N)C(=O)O. The third-order valence-electron chi connectivity index (χ3n) is 7.05. The normalized spacial score (nSPS) is 15.9. The quantitative estimate of drug-likeness (QED) is 0.152. The summed E-state index contributed by atoms with van der Waals surface area (Å²) in [5.74, 6) is -3.35. The van der Waals surface area contributed by atoms with Crippen LogP contribution in [0.15, 0.2) is 18.2 Å². The zero-order chi connectivity index (χ0) is 31.6. The average Bonchev–Trinajstić information content (AvgIpc) is 2.84. The second-order valence-electron chi connectivity index (χ2n) is 11.6. The molecule has 1 aromatic rings. The molecular formula is C30H47NO10. The molecule has 0 aromatic heterocycles. The van der Waals surface area contributed by atoms with Gasteiger partial charge in [-0.2, -0.15) is 0 Å². The Morgan fingerprint density at radius 2 is 1.22 bits per heavy atom. The molecule has 0 heterocycles. The molecule has 0 fully saturated rings. The third kappa shape index (κ3) is 11.6. The largest absolute Gasteiger partial charge is 0.514 e. The van der Waals surface area contributed by atoms with Gasteiger partial charge in [-0.1, -0.05) is 54.5 Å². The van der Waals surface area contributed by atoms with Crippen LogP contribution in [0.3, 0.4) is 0 Å². The lowest BCUT2D eigenvalue weighted by molar-refractivity contribution is -0.152. The zero-order valence-electron chi connectivity index (χ0n) is 25.8. The topological polar surface area (TPSA) is 161 Å². The number of carboxylic acids is 1. The predicted molar refractivity (Wildman–Crippen MR) is 152 cm³/mol. The van der Waals surface area contributed by atoms with Crippen molar-refractivity contribution in [2.75, 3.05) is 0 Å². The number of carbonyl (C=O) groups excluding carboxylic acids is 3. The van der Waals surface area contributed by atoms with E-state index in [1.165, 1.54) is 18.2 Å². The first-order valence-electron chi connectivity index (χ1n) is 14.0. The highest BCUT2D eigenvalue weighted by Gasteiger charge is 2.36. The standard InChI is InChI=1S/C30H47NO10/c1-15(2)13-25(32)37-21(10)18(7)26(27(31)28(33)34)22-11-12-23(40-29(35)38-19(8)16(3)4)24(14-22)41-30(36)39-20(9)17(5)6/h11-12,14-21,26-27H,13,31H2,1-10H3,(H,33,34)/t18?,19?,20?,21?,26?,27-/m0/s1. The Hall–Kier alpha value is -3.34. The van der Waals surface area contributed by atoms with Gasteiger partial charge in [-0.15, -0.1) is 0 Å². The second-order valence-corrected chi connectivity index (χ2v) is 11.6. The van der Waals surface area contributed by atoms with E-state index in [0.29, 0.717) is 5.56 Å². The third-order valence-corrected chi connectivity index (χ3v) is 7.05. The molecular weight excluding hydrogens is 534 g/mol. The van der Waals surface area contributed by atoms with Gasteiger partial charge in [0.25, 0.3) is 0 Å². The van der Waals surface area contributed by atoms with Crippen molar-refractivity contribution in [1.82, 2.24) is 0 Å². The number of carboxylic acid groups (broad SMARTS) is 1. The summed E-state index contributed by atoms with van der Waals surface area (Å²) in [5.41, 5.74) is 6.47. The fraction of sp³-hybridized carbons (Fsp3) is 0.667. The Morgan fingerprint density at radius 3 is 1.66 bits per heavy atom. The highest BCUT2D eigenvalue weighted by atomic mass is 16.7. The van der Waals surface area contributed by atoms with Crippen LogP contribution in [0.4, 0.5) is 9.59 Å². The van der Waals surface area contributed by atoms with Gasteiger partial charge in [0.05, 0.1) is 0 Å². The smallest absolute Gasteiger partial charge is 0.480 e. The van der Waals surface area contributed by atoms with Crippen molar-refractivity contribution in [3.8, 4) is 11.5 Å². The molecule has 1 aromatic carbocycles. The summed E-state index contributed by atoms with van der Waals surface area (Å²) in [6.07, 6.45) is -3.45. The van der Waals surface area contributed by atoms with Crippen LogP contribution in [0.1, 0.15) is 87.1 Å². The first-order chi connectivity index (χ1) is 18.9. The van der Waals surface area contributed by atoms with E-state index in [4.69, 9.17) is 29.4 Å². The zero-order valence-corrected chi connectivity index (χ0v) is 25.8. The molecule has 0 saturated heterocycles. The Kier molecular flexibility index (Phi) is 14.1. The van der Waals surface area contributed by atoms with Crippen molar-refractivity contribution in [2.24, 2.45) is 29.4 Å². The van der Waals surface area contributed by atoms with E-state index < -0.39 is 60.4 Å². The number of carbonyl (C=O) groups is 4. The van der Waals surface area contributed by atoms with Gasteiger partial charge in [0.15, 0.2) is 11.5 Å². The Balaban J connectivity index is 3.48. The van der Waals surface area contributed by atoms with Crippen molar-refractivity contribution < 1.29 is 48.0 Å². The molecule has 0 aliphatic heterocycles. The molecule has 3 N–H and O–H groups in total. The van der Waals surface area contributed by atoms with Crippen LogP contribution < -0.4 is 15.2 Å². The van der Waals surface area contributed by atoms with Gasteiger partial charge in [-0.25, -0.2) is 9.59 Å². The lowest BCUT2D eigenvalue weighted by Crippen LogP contribution is -2.42. The molecule has 11 nitrogen and oxygen atoms in total. The molecule has 11 heteroatoms. The van der Waals surface area contributed by atoms with E-state index in [-0.39, 0.29) is 35.7 Å². The fourth-order valence-corrected chi connectivity index (χ4v) is 3.68. The van der Waals surface area contributed by atoms with Gasteiger partial charge in [0, 0.05) is 18.3 Å². The van der Waals surface area contributed by atoms with Gasteiger partial charge in [-0.05, 0) is 56.2 Å². The van der Waals surface area contributed by atoms with E-state index in [9.17, 15) is 24.3 Å². The minimum atomic E-state index is -1.40. The van der Waals surface area contributed by atoms with Gasteiger partial charge in [-0.3, -0.25) is 9.59 Å². The van der Waals surface area contributed by atoms with Crippen LogP contribution in [-0.2, 0) is 23.8 Å². The number of nitrogens with two attached hydrogens (primary N) is 1. The number of esters is 1. The van der Waals surface area contributed by atoms with Crippen molar-refractivity contribution in [2.45, 2.75) is 106 Å². The summed E-state index contributed by atoms with van der Waals surface area (Å²) in [5, 5.41) is 9.79. The fourth-order valence-electron chi connectivity index (χ4n) is 3.68. The predicted octanol–water partition coefficient (Wildman–Crippen LogP) is 5.92. The van der Waals surface area contributed by atoms with E-state index in [2.05, 4.69) is 0 Å². The Labute approximate surface area is 243 Å². The molecule has 0 aliphatic carbocycles. The number of hydrogen-bond acceptors (Lipinski definition) is 10. The van der Waals surface area contributed by atoms with Gasteiger partial charge in [0.2, 0.25) is 0 Å². The van der Waals surface area contributed by atoms with E-state index in [0.717, 1.165) is 0 Å². The first kappa shape index (κ1) is 35.7. The van der Waals surface area contributed by atoms with Crippen molar-refractivity contribution in [1.29, 1.82) is 0 Å². The maximum Gasteiger partial charge on any atom is 0.514 e. The monoisotopic (exact) mass is 581 g/mol. The van der Waals surface area contributed by atoms with E-state index in [1.54, 1.807) is 27.7 Å². The first-order valence-corrected chi connectivity index (χ1v) is 14.0. The molecule has 0 saturated carbocycles. The van der Waals surface area contributed by atoms with Gasteiger partial charge in [0.1, 0.15) is 24.4 Å². The van der Waals surface area contributed by atoms with Crippen LogP contribution >= 0.6 is 0 Å². The minimum absolute atomic E-state index is 0.00999. The highest BCUT2D eigenvalue weighted by Crippen LogP contribution is 2.37. The summed E-state index contributed by atoms with van der Waals surface area (Å²) >= 11 is 0. The van der Waals surface area contributed by atoms with Crippen molar-refractivity contribution >= 4 is 24.2 Å². The molecule has 0 bridgehead atoms. The maximum absolute atomic E-state index is 12.6. The number of aliphatic carboxylic acids is 1. The Bertz CT molecular complexity index is 1040. The number of benzene rings is 1. The van der Waals surface area contributed by atoms with Crippen molar-refractivity contribution in [3.63, 3.8) is 0 Å². The molecule has 0 aliphatic rings. The average molecular weight is 582 g/mol. The minimum Gasteiger partial charge on any atom is -0.480 e. The van der Waals surface area contributed by atoms with Crippen molar-refractivity contribution in [3.05, 3.63) is 23.8 Å². The summed E-state index contributed by atoms with van der Waals surface area (Å²) in [6.45, 7) is 18.1. The highest BCUT2D eigenvalue weighted by molar-refractivity contribution is 5.75. The molecule has 0 amide bonds. The lowest BCUT2D eigenvalue weighted by atomic mass is 9.79. The summed E-state index contributed by atoms with van der Waals surface area (Å²) < 4.78 is 26.9. The molecule has 5 unspecified atom stereocenters. The Morgan fingerprint density at radius 1 is 0.732 bits per heavy atom. The second kappa shape index (κ2) is 16.2. The molecule has 232 valence electrons. The van der Waals surface area contributed by atoms with Crippen LogP contribution in [0.5, 0.6) is 11.5 Å². The van der Waals surface area contributed by atoms with Gasteiger partial charge >= 0.3 is 24.2 Å². The summed E-state index contributed by atoms with van der Waals surface area (Å²) in [6, 6.07) is 2.83. The number of ether oxygens (including phenoxy) is 5. The molecule has 1 rings (SSSR count). The van der Waals surface area contributed by atoms with E-state index >= 15 is 0 Å². The van der Waals surface area contributed by atoms with Crippen LogP contribution in [0, 0.1) is 23.7 Å². The van der Waals surface area contributed by atoms with Crippen LogP contribution in [-0.4, -0.2) is 53.7 Å². The van der Waals surface area contributed by atoms with Crippen LogP contribution in [0.25, 0.3) is 0 Å². The summed E-state index contributed by atoms with van der Waals surface area (Å²) in [7, 11) is 0. The maximum atomic E-state index is 12.6. The number of hydrogen-bond donors (Lipinski definition) is 2. The molecule has 6 atom stereocenters. The summed E-state index contributed by atoms with van der Waals surface area (Å²) in [4.78, 5) is 49.4. The molecule has 0 radical (unpaired) electrons. The lowest BCUT2D eigenvalue weighted by Gasteiger charge is -2.32.